The zero-order valence-corrected chi connectivity index (χ0v) is 14.1. The Morgan fingerprint density at radius 1 is 1.24 bits per heavy atom. The van der Waals surface area contributed by atoms with E-state index in [-0.39, 0.29) is 0 Å². The Labute approximate surface area is 135 Å². The first-order chi connectivity index (χ1) is 10.4. The van der Waals surface area contributed by atoms with Gasteiger partial charge in [0, 0.05) is 28.0 Å². The van der Waals surface area contributed by atoms with E-state index in [4.69, 9.17) is 4.98 Å². The lowest BCUT2D eigenvalue weighted by atomic mass is 10.1. The fourth-order valence-corrected chi connectivity index (χ4v) is 5.26. The number of aromatic nitrogens is 1. The van der Waals surface area contributed by atoms with Crippen LogP contribution in [0.1, 0.15) is 35.6 Å². The third-order valence-electron chi connectivity index (χ3n) is 3.87. The summed E-state index contributed by atoms with van der Waals surface area (Å²) in [5, 5.41) is 5.41. The fourth-order valence-electron chi connectivity index (χ4n) is 2.81. The van der Waals surface area contributed by atoms with Crippen molar-refractivity contribution in [1.82, 2.24) is 10.3 Å². The van der Waals surface area contributed by atoms with Crippen LogP contribution in [0.2, 0.25) is 0 Å². The van der Waals surface area contributed by atoms with E-state index in [1.807, 2.05) is 18.4 Å². The first-order valence-electron chi connectivity index (χ1n) is 7.67. The molecule has 1 heterocycles. The van der Waals surface area contributed by atoms with Crippen LogP contribution < -0.4 is 5.32 Å². The van der Waals surface area contributed by atoms with Crippen molar-refractivity contribution in [3.8, 4) is 11.3 Å². The number of nitrogens with one attached hydrogen (secondary N) is 1. The largest absolute Gasteiger partial charge is 0.315 e. The lowest BCUT2D eigenvalue weighted by molar-refractivity contribution is 0.831. The van der Waals surface area contributed by atoms with Gasteiger partial charge in [-0.3, -0.25) is 0 Å². The smallest absolute Gasteiger partial charge is 0.103 e. The minimum absolute atomic E-state index is 0.863. The molecule has 1 saturated carbocycles. The highest BCUT2D eigenvalue weighted by molar-refractivity contribution is 7.99. The molecule has 0 bridgehead atoms. The molecule has 1 aromatic carbocycles. The van der Waals surface area contributed by atoms with Gasteiger partial charge in [0.2, 0.25) is 0 Å². The van der Waals surface area contributed by atoms with Crippen molar-refractivity contribution in [2.75, 3.05) is 7.05 Å². The molecule has 4 heteroatoms. The van der Waals surface area contributed by atoms with Gasteiger partial charge < -0.3 is 5.32 Å². The van der Waals surface area contributed by atoms with Gasteiger partial charge >= 0.3 is 0 Å². The molecular weight excluding hydrogens is 296 g/mol. The molecular formula is C17H22N2S2. The predicted octanol–water partition coefficient (Wildman–Crippen LogP) is 4.71. The summed E-state index contributed by atoms with van der Waals surface area (Å²) < 4.78 is 0. The summed E-state index contributed by atoms with van der Waals surface area (Å²) in [6.07, 6.45) is 5.61. The summed E-state index contributed by atoms with van der Waals surface area (Å²) in [4.78, 5) is 6.27. The SMILES string of the molecule is CNCc1sc(CSC2CCCC2)nc1-c1ccccc1. The summed E-state index contributed by atoms with van der Waals surface area (Å²) in [5.41, 5.74) is 2.40. The van der Waals surface area contributed by atoms with E-state index in [0.717, 1.165) is 23.2 Å². The van der Waals surface area contributed by atoms with Crippen molar-refractivity contribution in [3.63, 3.8) is 0 Å². The molecule has 0 radical (unpaired) electrons. The topological polar surface area (TPSA) is 24.9 Å². The molecule has 1 fully saturated rings. The van der Waals surface area contributed by atoms with E-state index in [0.29, 0.717) is 0 Å². The third kappa shape index (κ3) is 3.87. The Kier molecular flexibility index (Phi) is 5.33. The van der Waals surface area contributed by atoms with E-state index < -0.39 is 0 Å². The molecule has 1 N–H and O–H groups in total. The molecule has 1 aliphatic carbocycles. The summed E-state index contributed by atoms with van der Waals surface area (Å²) in [5.74, 6) is 1.07. The fraction of sp³-hybridized carbons (Fsp3) is 0.471. The van der Waals surface area contributed by atoms with Crippen LogP contribution in [-0.4, -0.2) is 17.3 Å². The molecule has 1 aliphatic rings. The van der Waals surface area contributed by atoms with Crippen LogP contribution in [0.5, 0.6) is 0 Å². The van der Waals surface area contributed by atoms with Crippen LogP contribution in [0.15, 0.2) is 30.3 Å². The quantitative estimate of drug-likeness (QED) is 0.835. The van der Waals surface area contributed by atoms with Crippen LogP contribution in [0.4, 0.5) is 0 Å². The minimum Gasteiger partial charge on any atom is -0.315 e. The lowest BCUT2D eigenvalue weighted by Gasteiger charge is -2.05. The van der Waals surface area contributed by atoms with E-state index in [1.165, 1.54) is 41.1 Å². The van der Waals surface area contributed by atoms with Crippen molar-refractivity contribution in [2.24, 2.45) is 0 Å². The Morgan fingerprint density at radius 2 is 2.00 bits per heavy atom. The first kappa shape index (κ1) is 15.1. The summed E-state index contributed by atoms with van der Waals surface area (Å²) in [6.45, 7) is 0.899. The maximum absolute atomic E-state index is 4.92. The predicted molar refractivity (Wildman–Crippen MR) is 93.9 cm³/mol. The highest BCUT2D eigenvalue weighted by atomic mass is 32.2. The molecule has 2 aromatic rings. The van der Waals surface area contributed by atoms with Crippen LogP contribution in [-0.2, 0) is 12.3 Å². The summed E-state index contributed by atoms with van der Waals surface area (Å²) >= 11 is 3.97. The zero-order chi connectivity index (χ0) is 14.5. The number of rotatable bonds is 6. The van der Waals surface area contributed by atoms with Gasteiger partial charge in [-0.25, -0.2) is 4.98 Å². The van der Waals surface area contributed by atoms with Crippen LogP contribution in [0, 0.1) is 0 Å². The number of hydrogen-bond acceptors (Lipinski definition) is 4. The van der Waals surface area contributed by atoms with Crippen LogP contribution in [0.25, 0.3) is 11.3 Å². The van der Waals surface area contributed by atoms with Gasteiger partial charge in [0.25, 0.3) is 0 Å². The second kappa shape index (κ2) is 7.43. The molecule has 3 rings (SSSR count). The normalized spacial score (nSPS) is 15.7. The average molecular weight is 319 g/mol. The first-order valence-corrected chi connectivity index (χ1v) is 9.53. The minimum atomic E-state index is 0.863. The van der Waals surface area contributed by atoms with Gasteiger partial charge in [0.1, 0.15) is 5.01 Å². The summed E-state index contributed by atoms with van der Waals surface area (Å²) in [6, 6.07) is 10.5. The van der Waals surface area contributed by atoms with E-state index in [1.54, 1.807) is 0 Å². The highest BCUT2D eigenvalue weighted by Gasteiger charge is 2.17. The standard InChI is InChI=1S/C17H22N2S2/c1-18-11-15-17(13-7-3-2-4-8-13)19-16(21-15)12-20-14-9-5-6-10-14/h2-4,7-8,14,18H,5-6,9-12H2,1H3. The van der Waals surface area contributed by atoms with Crippen LogP contribution >= 0.6 is 23.1 Å². The van der Waals surface area contributed by atoms with Gasteiger partial charge in [0.05, 0.1) is 5.69 Å². The maximum atomic E-state index is 4.92. The van der Waals surface area contributed by atoms with Crippen LogP contribution in [0.3, 0.4) is 0 Å². The van der Waals surface area contributed by atoms with Gasteiger partial charge in [-0.05, 0) is 19.9 Å². The second-order valence-electron chi connectivity index (χ2n) is 5.49. The molecule has 0 spiro atoms. The van der Waals surface area contributed by atoms with E-state index >= 15 is 0 Å². The lowest BCUT2D eigenvalue weighted by Crippen LogP contribution is -2.04. The molecule has 0 atom stereocenters. The van der Waals surface area contributed by atoms with Crippen molar-refractivity contribution in [1.29, 1.82) is 0 Å². The number of nitrogens with zero attached hydrogens (tertiary/aromatic N) is 1. The molecule has 0 aliphatic heterocycles. The number of thioether (sulfide) groups is 1. The number of hydrogen-bond donors (Lipinski definition) is 1. The molecule has 0 saturated heterocycles. The molecule has 112 valence electrons. The average Bonchev–Trinajstić information content (AvgIpc) is 3.16. The third-order valence-corrected chi connectivity index (χ3v) is 6.49. The van der Waals surface area contributed by atoms with Gasteiger partial charge in [-0.15, -0.1) is 11.3 Å². The number of thiazole rings is 1. The van der Waals surface area contributed by atoms with Gasteiger partial charge in [-0.2, -0.15) is 11.8 Å². The maximum Gasteiger partial charge on any atom is 0.103 e. The highest BCUT2D eigenvalue weighted by Crippen LogP contribution is 2.35. The van der Waals surface area contributed by atoms with Crippen molar-refractivity contribution < 1.29 is 0 Å². The Morgan fingerprint density at radius 3 is 2.71 bits per heavy atom. The monoisotopic (exact) mass is 318 g/mol. The molecule has 2 nitrogen and oxygen atoms in total. The number of benzene rings is 1. The molecule has 1 aromatic heterocycles. The van der Waals surface area contributed by atoms with Gasteiger partial charge in [-0.1, -0.05) is 43.2 Å². The van der Waals surface area contributed by atoms with Gasteiger partial charge in [0.15, 0.2) is 0 Å². The van der Waals surface area contributed by atoms with Crippen molar-refractivity contribution >= 4 is 23.1 Å². The van der Waals surface area contributed by atoms with E-state index in [2.05, 4.69) is 47.4 Å². The van der Waals surface area contributed by atoms with Crippen molar-refractivity contribution in [2.45, 2.75) is 43.2 Å². The zero-order valence-electron chi connectivity index (χ0n) is 12.5. The van der Waals surface area contributed by atoms with Crippen molar-refractivity contribution in [3.05, 3.63) is 40.2 Å². The van der Waals surface area contributed by atoms with E-state index in [9.17, 15) is 0 Å². The Hall–Kier alpha value is -0.840. The molecule has 0 unspecified atom stereocenters. The Bertz CT molecular complexity index is 559. The molecule has 21 heavy (non-hydrogen) atoms. The second-order valence-corrected chi connectivity index (χ2v) is 7.95. The Balaban J connectivity index is 1.75. The molecule has 0 amide bonds. The summed E-state index contributed by atoms with van der Waals surface area (Å²) in [7, 11) is 2.00.